The Bertz CT molecular complexity index is 436. The molecule has 86 valence electrons. The number of carboxylic acids is 1. The molecule has 16 heavy (non-hydrogen) atoms. The second-order valence-corrected chi connectivity index (χ2v) is 5.32. The summed E-state index contributed by atoms with van der Waals surface area (Å²) < 4.78 is 0.939. The van der Waals surface area contributed by atoms with E-state index in [1.165, 1.54) is 0 Å². The molecule has 2 N–H and O–H groups in total. The third-order valence-electron chi connectivity index (χ3n) is 3.28. The molecule has 0 amide bonds. The molecule has 1 aromatic carbocycles. The monoisotopic (exact) mass is 284 g/mol. The summed E-state index contributed by atoms with van der Waals surface area (Å²) in [5.41, 5.74) is 0.877. The molecule has 4 heteroatoms. The van der Waals surface area contributed by atoms with Crippen molar-refractivity contribution in [2.45, 2.75) is 31.3 Å². The summed E-state index contributed by atoms with van der Waals surface area (Å²) in [6.45, 7) is 1.90. The Morgan fingerprint density at radius 1 is 1.50 bits per heavy atom. The summed E-state index contributed by atoms with van der Waals surface area (Å²) in [4.78, 5) is 11.4. The second kappa shape index (κ2) is 3.86. The predicted molar refractivity (Wildman–Crippen MR) is 63.4 cm³/mol. The number of carboxylic acid groups (broad SMARTS) is 1. The van der Waals surface area contributed by atoms with Gasteiger partial charge in [0.05, 0.1) is 11.5 Å². The van der Waals surface area contributed by atoms with E-state index in [-0.39, 0.29) is 0 Å². The highest BCUT2D eigenvalue weighted by Crippen LogP contribution is 2.45. The van der Waals surface area contributed by atoms with E-state index in [0.717, 1.165) is 15.6 Å². The quantitative estimate of drug-likeness (QED) is 0.876. The van der Waals surface area contributed by atoms with Crippen molar-refractivity contribution in [3.8, 4) is 0 Å². The summed E-state index contributed by atoms with van der Waals surface area (Å²) >= 11 is 3.36. The predicted octanol–water partition coefficient (Wildman–Crippen LogP) is 2.23. The largest absolute Gasteiger partial charge is 0.481 e. The Balaban J connectivity index is 2.45. The van der Waals surface area contributed by atoms with Crippen LogP contribution in [0.4, 0.5) is 0 Å². The molecule has 1 aliphatic carbocycles. The lowest BCUT2D eigenvalue weighted by Crippen LogP contribution is -2.50. The lowest BCUT2D eigenvalue weighted by Gasteiger charge is -2.42. The van der Waals surface area contributed by atoms with E-state index in [2.05, 4.69) is 15.9 Å². The maximum absolute atomic E-state index is 11.4. The average molecular weight is 285 g/mol. The number of rotatable bonds is 2. The highest BCUT2D eigenvalue weighted by Gasteiger charge is 2.51. The van der Waals surface area contributed by atoms with Crippen LogP contribution in [0.15, 0.2) is 22.7 Å². The van der Waals surface area contributed by atoms with E-state index in [1.807, 2.05) is 25.1 Å². The Labute approximate surface area is 102 Å². The zero-order valence-corrected chi connectivity index (χ0v) is 10.5. The van der Waals surface area contributed by atoms with Crippen LogP contribution in [-0.2, 0) is 10.2 Å². The van der Waals surface area contributed by atoms with Crippen molar-refractivity contribution in [1.29, 1.82) is 0 Å². The second-order valence-electron chi connectivity index (χ2n) is 4.41. The number of aliphatic hydroxyl groups excluding tert-OH is 1. The molecule has 0 saturated heterocycles. The van der Waals surface area contributed by atoms with E-state index in [4.69, 9.17) is 0 Å². The summed E-state index contributed by atoms with van der Waals surface area (Å²) in [5, 5.41) is 18.7. The number of hydrogen-bond acceptors (Lipinski definition) is 2. The van der Waals surface area contributed by atoms with Crippen molar-refractivity contribution in [3.05, 3.63) is 33.8 Å². The number of aliphatic hydroxyl groups is 1. The number of carbonyl (C=O) groups is 1. The summed E-state index contributed by atoms with van der Waals surface area (Å²) in [6, 6.07) is 5.59. The molecule has 0 heterocycles. The lowest BCUT2D eigenvalue weighted by molar-refractivity contribution is -0.153. The standard InChI is InChI=1S/C12H13BrO3/c1-7-4-8(13)2-3-10(7)12(11(15)16)5-9(14)6-12/h2-4,9,14H,5-6H2,1H3,(H,15,16). The number of aliphatic carboxylic acids is 1. The van der Waals surface area contributed by atoms with Crippen LogP contribution in [-0.4, -0.2) is 22.3 Å². The molecule has 0 aliphatic heterocycles. The van der Waals surface area contributed by atoms with Gasteiger partial charge in [-0.05, 0) is 43.0 Å². The first kappa shape index (κ1) is 11.6. The zero-order valence-electron chi connectivity index (χ0n) is 8.90. The van der Waals surface area contributed by atoms with E-state index in [1.54, 1.807) is 0 Å². The van der Waals surface area contributed by atoms with Gasteiger partial charge in [0.2, 0.25) is 0 Å². The van der Waals surface area contributed by atoms with E-state index in [9.17, 15) is 15.0 Å². The van der Waals surface area contributed by atoms with E-state index >= 15 is 0 Å². The number of benzene rings is 1. The minimum atomic E-state index is -0.885. The van der Waals surface area contributed by atoms with Gasteiger partial charge in [-0.2, -0.15) is 0 Å². The van der Waals surface area contributed by atoms with Crippen molar-refractivity contribution in [2.24, 2.45) is 0 Å². The smallest absolute Gasteiger partial charge is 0.314 e. The minimum Gasteiger partial charge on any atom is -0.481 e. The van der Waals surface area contributed by atoms with Crippen LogP contribution in [0.25, 0.3) is 0 Å². The SMILES string of the molecule is Cc1cc(Br)ccc1C1(C(=O)O)CC(O)C1. The van der Waals surface area contributed by atoms with Gasteiger partial charge in [-0.1, -0.05) is 22.0 Å². The topological polar surface area (TPSA) is 57.5 Å². The fourth-order valence-corrected chi connectivity index (χ4v) is 2.89. The summed E-state index contributed by atoms with van der Waals surface area (Å²) in [7, 11) is 0. The third kappa shape index (κ3) is 1.66. The molecule has 3 nitrogen and oxygen atoms in total. The van der Waals surface area contributed by atoms with Gasteiger partial charge in [-0.15, -0.1) is 0 Å². The maximum Gasteiger partial charge on any atom is 0.314 e. The van der Waals surface area contributed by atoms with E-state index in [0.29, 0.717) is 12.8 Å². The van der Waals surface area contributed by atoms with Crippen molar-refractivity contribution in [3.63, 3.8) is 0 Å². The van der Waals surface area contributed by atoms with Crippen LogP contribution < -0.4 is 0 Å². The van der Waals surface area contributed by atoms with Gasteiger partial charge >= 0.3 is 5.97 Å². The van der Waals surface area contributed by atoms with Crippen molar-refractivity contribution in [1.82, 2.24) is 0 Å². The van der Waals surface area contributed by atoms with Crippen LogP contribution in [0, 0.1) is 6.92 Å². The minimum absolute atomic E-state index is 0.310. The van der Waals surface area contributed by atoms with Gasteiger partial charge in [0.25, 0.3) is 0 Å². The molecule has 0 bridgehead atoms. The van der Waals surface area contributed by atoms with Gasteiger partial charge in [0.15, 0.2) is 0 Å². The molecule has 0 aromatic heterocycles. The molecule has 0 radical (unpaired) electrons. The molecule has 0 spiro atoms. The summed E-state index contributed by atoms with van der Waals surface area (Å²) in [5.74, 6) is -0.844. The zero-order chi connectivity index (χ0) is 11.9. The van der Waals surface area contributed by atoms with Gasteiger partial charge in [-0.3, -0.25) is 4.79 Å². The van der Waals surface area contributed by atoms with Crippen LogP contribution in [0.2, 0.25) is 0 Å². The third-order valence-corrected chi connectivity index (χ3v) is 3.77. The molecular formula is C12H13BrO3. The van der Waals surface area contributed by atoms with Crippen molar-refractivity contribution < 1.29 is 15.0 Å². The Morgan fingerprint density at radius 2 is 2.12 bits per heavy atom. The average Bonchev–Trinajstić information content (AvgIpc) is 2.12. The van der Waals surface area contributed by atoms with Crippen molar-refractivity contribution in [2.75, 3.05) is 0 Å². The van der Waals surface area contributed by atoms with Crippen molar-refractivity contribution >= 4 is 21.9 Å². The van der Waals surface area contributed by atoms with Gasteiger partial charge in [-0.25, -0.2) is 0 Å². The van der Waals surface area contributed by atoms with E-state index < -0.39 is 17.5 Å². The van der Waals surface area contributed by atoms with Gasteiger partial charge in [0.1, 0.15) is 0 Å². The van der Waals surface area contributed by atoms with Gasteiger partial charge in [0, 0.05) is 4.47 Å². The van der Waals surface area contributed by atoms with Crippen LogP contribution in [0.3, 0.4) is 0 Å². The molecule has 1 saturated carbocycles. The van der Waals surface area contributed by atoms with Gasteiger partial charge < -0.3 is 10.2 Å². The number of halogens is 1. The molecule has 1 aromatic rings. The van der Waals surface area contributed by atoms with Crippen LogP contribution in [0.5, 0.6) is 0 Å². The molecule has 2 rings (SSSR count). The fraction of sp³-hybridized carbons (Fsp3) is 0.417. The Morgan fingerprint density at radius 3 is 2.56 bits per heavy atom. The first-order chi connectivity index (χ1) is 7.45. The first-order valence-electron chi connectivity index (χ1n) is 5.14. The fourth-order valence-electron chi connectivity index (χ4n) is 2.42. The first-order valence-corrected chi connectivity index (χ1v) is 5.93. The number of hydrogen-bond donors (Lipinski definition) is 2. The lowest BCUT2D eigenvalue weighted by atomic mass is 9.62. The normalized spacial score (nSPS) is 28.6. The summed E-state index contributed by atoms with van der Waals surface area (Å²) in [6.07, 6.45) is 0.134. The Hall–Kier alpha value is -0.870. The molecule has 0 atom stereocenters. The van der Waals surface area contributed by atoms with Crippen LogP contribution >= 0.6 is 15.9 Å². The maximum atomic E-state index is 11.4. The molecule has 1 fully saturated rings. The highest BCUT2D eigenvalue weighted by molar-refractivity contribution is 9.10. The van der Waals surface area contributed by atoms with Crippen LogP contribution in [0.1, 0.15) is 24.0 Å². The molecular weight excluding hydrogens is 272 g/mol. The Kier molecular flexibility index (Phi) is 2.80. The highest BCUT2D eigenvalue weighted by atomic mass is 79.9. The molecule has 1 aliphatic rings. The number of aryl methyl sites for hydroxylation is 1. The molecule has 0 unspecified atom stereocenters.